The molecule has 0 aromatic heterocycles. The highest BCUT2D eigenvalue weighted by Gasteiger charge is 2.28. The Balaban J connectivity index is 1.76. The van der Waals surface area contributed by atoms with Crippen LogP contribution in [0, 0.1) is 5.92 Å². The maximum absolute atomic E-state index is 12.4. The quantitative estimate of drug-likeness (QED) is 0.812. The Morgan fingerprint density at radius 1 is 1.12 bits per heavy atom. The van der Waals surface area contributed by atoms with Crippen molar-refractivity contribution in [1.29, 1.82) is 0 Å². The molecule has 1 N–H and O–H groups in total. The Labute approximate surface area is 156 Å². The van der Waals surface area contributed by atoms with E-state index in [1.54, 1.807) is 7.11 Å². The molecule has 0 bridgehead atoms. The summed E-state index contributed by atoms with van der Waals surface area (Å²) >= 11 is 0. The largest absolute Gasteiger partial charge is 0.380 e. The normalized spacial score (nSPS) is 15.0. The van der Waals surface area contributed by atoms with E-state index < -0.39 is 0 Å². The Morgan fingerprint density at radius 2 is 1.69 bits per heavy atom. The van der Waals surface area contributed by atoms with Gasteiger partial charge < -0.3 is 19.9 Å². The van der Waals surface area contributed by atoms with Crippen LogP contribution >= 0.6 is 0 Å². The van der Waals surface area contributed by atoms with Gasteiger partial charge >= 0.3 is 6.03 Å². The number of hydrogen-bond acceptors (Lipinski definition) is 3. The second kappa shape index (κ2) is 10.2. The lowest BCUT2D eigenvalue weighted by atomic mass is 9.96. The number of amides is 3. The van der Waals surface area contributed by atoms with Crippen LogP contribution in [0.4, 0.5) is 4.79 Å². The van der Waals surface area contributed by atoms with E-state index in [-0.39, 0.29) is 17.9 Å². The average Bonchev–Trinajstić information content (AvgIpc) is 2.68. The lowest BCUT2D eigenvalue weighted by Crippen LogP contribution is -2.48. The molecule has 1 aromatic carbocycles. The zero-order valence-corrected chi connectivity index (χ0v) is 16.2. The van der Waals surface area contributed by atoms with Gasteiger partial charge in [0.05, 0.1) is 6.61 Å². The van der Waals surface area contributed by atoms with E-state index in [1.165, 1.54) is 0 Å². The fourth-order valence-electron chi connectivity index (χ4n) is 3.28. The van der Waals surface area contributed by atoms with Crippen molar-refractivity contribution in [3.8, 4) is 0 Å². The molecule has 1 saturated heterocycles. The molecule has 0 radical (unpaired) electrons. The predicted octanol–water partition coefficient (Wildman–Crippen LogP) is 2.62. The molecule has 0 spiro atoms. The third kappa shape index (κ3) is 5.46. The number of rotatable bonds is 7. The van der Waals surface area contributed by atoms with Crippen LogP contribution in [0.3, 0.4) is 0 Å². The van der Waals surface area contributed by atoms with Gasteiger partial charge in [0, 0.05) is 45.8 Å². The molecule has 0 aliphatic carbocycles. The maximum atomic E-state index is 12.4. The number of carbonyl (C=O) groups is 2. The number of hydrogen-bond donors (Lipinski definition) is 1. The number of ether oxygens (including phenoxy) is 1. The molecule has 1 heterocycles. The first-order valence-electron chi connectivity index (χ1n) is 9.47. The van der Waals surface area contributed by atoms with Crippen LogP contribution in [0.5, 0.6) is 0 Å². The molecule has 1 aliphatic heterocycles. The zero-order chi connectivity index (χ0) is 18.9. The van der Waals surface area contributed by atoms with Gasteiger partial charge in [-0.2, -0.15) is 0 Å². The van der Waals surface area contributed by atoms with Crippen LogP contribution in [0.15, 0.2) is 24.3 Å². The van der Waals surface area contributed by atoms with Crippen molar-refractivity contribution < 1.29 is 14.3 Å². The van der Waals surface area contributed by atoms with Crippen molar-refractivity contribution in [3.63, 3.8) is 0 Å². The van der Waals surface area contributed by atoms with Gasteiger partial charge in [0.2, 0.25) is 5.91 Å². The summed E-state index contributed by atoms with van der Waals surface area (Å²) < 4.78 is 5.10. The molecule has 26 heavy (non-hydrogen) atoms. The fraction of sp³-hybridized carbons (Fsp3) is 0.600. The third-order valence-electron chi connectivity index (χ3n) is 4.97. The molecule has 144 valence electrons. The zero-order valence-electron chi connectivity index (χ0n) is 16.2. The topological polar surface area (TPSA) is 61.9 Å². The van der Waals surface area contributed by atoms with Gasteiger partial charge in [-0.15, -0.1) is 0 Å². The summed E-state index contributed by atoms with van der Waals surface area (Å²) in [4.78, 5) is 28.5. The predicted molar refractivity (Wildman–Crippen MR) is 102 cm³/mol. The standard InChI is InChI=1S/C20H31N3O3/c1-4-22(5-2)20(25)23-12-10-18(11-13-23)19(24)21-14-16-6-8-17(9-7-16)15-26-3/h6-9,18H,4-5,10-15H2,1-3H3,(H,21,24). The number of urea groups is 1. The first kappa shape index (κ1) is 20.2. The van der Waals surface area contributed by atoms with Gasteiger partial charge in [0.25, 0.3) is 0 Å². The van der Waals surface area contributed by atoms with Crippen LogP contribution in [-0.4, -0.2) is 55.0 Å². The van der Waals surface area contributed by atoms with Crippen molar-refractivity contribution in [2.45, 2.75) is 39.8 Å². The third-order valence-corrected chi connectivity index (χ3v) is 4.97. The molecule has 6 nitrogen and oxygen atoms in total. The number of carbonyl (C=O) groups excluding carboxylic acids is 2. The number of piperidine rings is 1. The molecule has 6 heteroatoms. The summed E-state index contributed by atoms with van der Waals surface area (Å²) in [7, 11) is 1.68. The van der Waals surface area contributed by atoms with Gasteiger partial charge in [0.15, 0.2) is 0 Å². The Bertz CT molecular complexity index is 576. The van der Waals surface area contributed by atoms with Gasteiger partial charge in [-0.05, 0) is 37.8 Å². The Kier molecular flexibility index (Phi) is 7.91. The monoisotopic (exact) mass is 361 g/mol. The van der Waals surface area contributed by atoms with Crippen molar-refractivity contribution in [2.75, 3.05) is 33.3 Å². The average molecular weight is 361 g/mol. The van der Waals surface area contributed by atoms with E-state index in [0.29, 0.717) is 26.2 Å². The maximum Gasteiger partial charge on any atom is 0.319 e. The Hall–Kier alpha value is -2.08. The molecular weight excluding hydrogens is 330 g/mol. The van der Waals surface area contributed by atoms with Crippen molar-refractivity contribution in [2.24, 2.45) is 5.92 Å². The van der Waals surface area contributed by atoms with Gasteiger partial charge in [-0.3, -0.25) is 4.79 Å². The molecule has 0 saturated carbocycles. The Morgan fingerprint density at radius 3 is 2.23 bits per heavy atom. The number of methoxy groups -OCH3 is 1. The summed E-state index contributed by atoms with van der Waals surface area (Å²) in [6, 6.07) is 8.15. The van der Waals surface area contributed by atoms with Crippen molar-refractivity contribution in [1.82, 2.24) is 15.1 Å². The van der Waals surface area contributed by atoms with E-state index in [2.05, 4.69) is 5.32 Å². The van der Waals surface area contributed by atoms with Crippen molar-refractivity contribution in [3.05, 3.63) is 35.4 Å². The second-order valence-electron chi connectivity index (χ2n) is 6.68. The summed E-state index contributed by atoms with van der Waals surface area (Å²) in [6.07, 6.45) is 1.46. The molecule has 1 fully saturated rings. The summed E-state index contributed by atoms with van der Waals surface area (Å²) in [5.74, 6) is 0.0735. The van der Waals surface area contributed by atoms with E-state index in [4.69, 9.17) is 4.74 Å². The summed E-state index contributed by atoms with van der Waals surface area (Å²) in [6.45, 7) is 7.85. The molecule has 2 rings (SSSR count). The summed E-state index contributed by atoms with van der Waals surface area (Å²) in [5, 5.41) is 3.03. The molecule has 1 aromatic rings. The SMILES string of the molecule is CCN(CC)C(=O)N1CCC(C(=O)NCc2ccc(COC)cc2)CC1. The van der Waals surface area contributed by atoms with E-state index in [0.717, 1.165) is 37.1 Å². The highest BCUT2D eigenvalue weighted by molar-refractivity contribution is 5.79. The summed E-state index contributed by atoms with van der Waals surface area (Å²) in [5.41, 5.74) is 2.19. The lowest BCUT2D eigenvalue weighted by molar-refractivity contribution is -0.126. The van der Waals surface area contributed by atoms with E-state index in [1.807, 2.05) is 47.9 Å². The van der Waals surface area contributed by atoms with E-state index in [9.17, 15) is 9.59 Å². The molecular formula is C20H31N3O3. The minimum Gasteiger partial charge on any atom is -0.380 e. The molecule has 1 aliphatic rings. The van der Waals surface area contributed by atoms with Crippen LogP contribution in [0.25, 0.3) is 0 Å². The molecule has 0 unspecified atom stereocenters. The number of likely N-dealkylation sites (tertiary alicyclic amines) is 1. The minimum atomic E-state index is -0.0106. The smallest absolute Gasteiger partial charge is 0.319 e. The highest BCUT2D eigenvalue weighted by Crippen LogP contribution is 2.19. The first-order chi connectivity index (χ1) is 12.6. The van der Waals surface area contributed by atoms with Crippen LogP contribution < -0.4 is 5.32 Å². The fourth-order valence-corrected chi connectivity index (χ4v) is 3.28. The first-order valence-corrected chi connectivity index (χ1v) is 9.47. The van der Waals surface area contributed by atoms with Crippen LogP contribution in [0.2, 0.25) is 0 Å². The van der Waals surface area contributed by atoms with Crippen LogP contribution in [0.1, 0.15) is 37.8 Å². The highest BCUT2D eigenvalue weighted by atomic mass is 16.5. The minimum absolute atomic E-state index is 0.0106. The molecule has 0 atom stereocenters. The number of nitrogens with zero attached hydrogens (tertiary/aromatic N) is 2. The van der Waals surface area contributed by atoms with Gasteiger partial charge in [0.1, 0.15) is 0 Å². The molecule has 3 amide bonds. The number of nitrogens with one attached hydrogen (secondary N) is 1. The lowest BCUT2D eigenvalue weighted by Gasteiger charge is -2.34. The van der Waals surface area contributed by atoms with Gasteiger partial charge in [-0.1, -0.05) is 24.3 Å². The van der Waals surface area contributed by atoms with Crippen LogP contribution in [-0.2, 0) is 22.7 Å². The second-order valence-corrected chi connectivity index (χ2v) is 6.68. The van der Waals surface area contributed by atoms with Gasteiger partial charge in [-0.25, -0.2) is 4.79 Å². The van der Waals surface area contributed by atoms with E-state index >= 15 is 0 Å². The van der Waals surface area contributed by atoms with Crippen molar-refractivity contribution >= 4 is 11.9 Å². The number of benzene rings is 1.